The molecular formula is C14H4F5NO2. The third-order valence-electron chi connectivity index (χ3n) is 2.61. The molecule has 0 saturated carbocycles. The first-order chi connectivity index (χ1) is 10.4. The van der Waals surface area contributed by atoms with Gasteiger partial charge in [-0.15, -0.1) is 0 Å². The number of nitrogens with zero attached hydrogens (tertiary/aromatic N) is 1. The van der Waals surface area contributed by atoms with E-state index in [0.29, 0.717) is 0 Å². The number of carbonyl (C=O) groups is 1. The van der Waals surface area contributed by atoms with Crippen molar-refractivity contribution in [3.63, 3.8) is 0 Å². The van der Waals surface area contributed by atoms with E-state index in [1.165, 1.54) is 12.1 Å². The number of carbonyl (C=O) groups excluding carboxylic acids is 1. The molecular weight excluding hydrogens is 309 g/mol. The lowest BCUT2D eigenvalue weighted by Gasteiger charge is -2.08. The summed E-state index contributed by atoms with van der Waals surface area (Å²) in [5.41, 5.74) is -0.0317. The van der Waals surface area contributed by atoms with Crippen molar-refractivity contribution in [3.8, 4) is 11.8 Å². The lowest BCUT2D eigenvalue weighted by atomic mass is 10.1. The summed E-state index contributed by atoms with van der Waals surface area (Å²) in [6.45, 7) is 0. The van der Waals surface area contributed by atoms with Crippen LogP contribution in [0, 0.1) is 40.4 Å². The molecule has 0 bridgehead atoms. The fourth-order valence-electron chi connectivity index (χ4n) is 1.51. The average Bonchev–Trinajstić information content (AvgIpc) is 2.55. The quantitative estimate of drug-likeness (QED) is 0.280. The van der Waals surface area contributed by atoms with Gasteiger partial charge in [0.25, 0.3) is 0 Å². The van der Waals surface area contributed by atoms with Crippen molar-refractivity contribution >= 4 is 5.97 Å². The van der Waals surface area contributed by atoms with Crippen LogP contribution in [0.2, 0.25) is 0 Å². The van der Waals surface area contributed by atoms with Crippen molar-refractivity contribution in [2.75, 3.05) is 0 Å². The van der Waals surface area contributed by atoms with Gasteiger partial charge in [-0.05, 0) is 24.3 Å². The van der Waals surface area contributed by atoms with Crippen molar-refractivity contribution in [1.82, 2.24) is 0 Å². The third kappa shape index (κ3) is 2.61. The van der Waals surface area contributed by atoms with Gasteiger partial charge in [0.2, 0.25) is 34.8 Å². The van der Waals surface area contributed by atoms with E-state index in [1.807, 2.05) is 0 Å². The summed E-state index contributed by atoms with van der Waals surface area (Å²) in [7, 11) is 0. The van der Waals surface area contributed by atoms with Gasteiger partial charge in [-0.2, -0.15) is 14.0 Å². The fourth-order valence-corrected chi connectivity index (χ4v) is 1.51. The predicted molar refractivity (Wildman–Crippen MR) is 62.3 cm³/mol. The summed E-state index contributed by atoms with van der Waals surface area (Å²) >= 11 is 0. The minimum Gasteiger partial charge on any atom is -0.416 e. The first-order valence-electron chi connectivity index (χ1n) is 5.60. The molecule has 3 nitrogen and oxygen atoms in total. The molecule has 0 aliphatic rings. The van der Waals surface area contributed by atoms with Crippen LogP contribution >= 0.6 is 0 Å². The molecule has 112 valence electrons. The summed E-state index contributed by atoms with van der Waals surface area (Å²) < 4.78 is 69.7. The largest absolute Gasteiger partial charge is 0.416 e. The smallest absolute Gasteiger partial charge is 0.343 e. The monoisotopic (exact) mass is 313 g/mol. The van der Waals surface area contributed by atoms with Gasteiger partial charge in [-0.1, -0.05) is 0 Å². The number of hydrogen-bond acceptors (Lipinski definition) is 3. The van der Waals surface area contributed by atoms with E-state index in [1.54, 1.807) is 6.07 Å². The number of nitriles is 1. The van der Waals surface area contributed by atoms with Crippen molar-refractivity contribution in [3.05, 3.63) is 64.5 Å². The van der Waals surface area contributed by atoms with Gasteiger partial charge in [0.1, 0.15) is 0 Å². The van der Waals surface area contributed by atoms with E-state index in [9.17, 15) is 26.7 Å². The Bertz CT molecular complexity index is 767. The second-order valence-corrected chi connectivity index (χ2v) is 3.98. The first-order valence-corrected chi connectivity index (χ1v) is 5.60. The molecule has 0 heterocycles. The predicted octanol–water partition coefficient (Wildman–Crippen LogP) is 3.47. The van der Waals surface area contributed by atoms with E-state index in [4.69, 9.17) is 5.26 Å². The highest BCUT2D eigenvalue weighted by atomic mass is 19.2. The topological polar surface area (TPSA) is 50.1 Å². The van der Waals surface area contributed by atoms with Crippen LogP contribution in [0.3, 0.4) is 0 Å². The van der Waals surface area contributed by atoms with Crippen LogP contribution in [0.4, 0.5) is 22.0 Å². The Morgan fingerprint density at radius 1 is 0.864 bits per heavy atom. The number of esters is 1. The summed E-state index contributed by atoms with van der Waals surface area (Å²) in [5.74, 6) is -14.3. The Kier molecular flexibility index (Phi) is 4.08. The maximum absolute atomic E-state index is 13.4. The molecule has 0 atom stereocenters. The van der Waals surface area contributed by atoms with Crippen LogP contribution in [0.1, 0.15) is 15.9 Å². The van der Waals surface area contributed by atoms with Crippen LogP contribution in [0.5, 0.6) is 5.75 Å². The molecule has 2 aromatic rings. The fraction of sp³-hybridized carbons (Fsp3) is 0. The summed E-state index contributed by atoms with van der Waals surface area (Å²) in [4.78, 5) is 11.6. The van der Waals surface area contributed by atoms with Gasteiger partial charge in [-0.3, -0.25) is 0 Å². The Morgan fingerprint density at radius 2 is 1.32 bits per heavy atom. The maximum atomic E-state index is 13.4. The van der Waals surface area contributed by atoms with Crippen molar-refractivity contribution < 1.29 is 31.5 Å². The van der Waals surface area contributed by atoms with Crippen LogP contribution in [0.15, 0.2) is 24.3 Å². The number of rotatable bonds is 2. The van der Waals surface area contributed by atoms with E-state index in [0.717, 1.165) is 12.1 Å². The molecule has 0 N–H and O–H groups in total. The second-order valence-electron chi connectivity index (χ2n) is 3.98. The molecule has 0 unspecified atom stereocenters. The molecule has 8 heteroatoms. The molecule has 0 radical (unpaired) electrons. The van der Waals surface area contributed by atoms with E-state index < -0.39 is 40.8 Å². The van der Waals surface area contributed by atoms with Crippen molar-refractivity contribution in [1.29, 1.82) is 5.26 Å². The molecule has 0 aliphatic heterocycles. The van der Waals surface area contributed by atoms with Gasteiger partial charge in [0, 0.05) is 0 Å². The molecule has 2 aromatic carbocycles. The number of benzene rings is 2. The molecule has 0 fully saturated rings. The zero-order valence-electron chi connectivity index (χ0n) is 10.5. The number of ether oxygens (including phenoxy) is 1. The molecule has 0 spiro atoms. The van der Waals surface area contributed by atoms with Gasteiger partial charge >= 0.3 is 5.97 Å². The highest BCUT2D eigenvalue weighted by molar-refractivity contribution is 5.91. The standard InChI is InChI=1S/C14H4F5NO2/c15-8-9(16)11(18)13(12(19)10(8)17)22-14(21)7-3-1-6(5-20)2-4-7/h1-4H. The van der Waals surface area contributed by atoms with Gasteiger partial charge in [0.15, 0.2) is 0 Å². The Labute approximate surface area is 120 Å². The Hall–Kier alpha value is -2.95. The van der Waals surface area contributed by atoms with Crippen molar-refractivity contribution in [2.45, 2.75) is 0 Å². The summed E-state index contributed by atoms with van der Waals surface area (Å²) in [5, 5.41) is 8.58. The van der Waals surface area contributed by atoms with E-state index in [2.05, 4.69) is 4.74 Å². The lowest BCUT2D eigenvalue weighted by molar-refractivity contribution is 0.0716. The zero-order chi connectivity index (χ0) is 16.4. The van der Waals surface area contributed by atoms with Crippen LogP contribution in [0.25, 0.3) is 0 Å². The lowest BCUT2D eigenvalue weighted by Crippen LogP contribution is -2.13. The highest BCUT2D eigenvalue weighted by Crippen LogP contribution is 2.29. The number of hydrogen-bond donors (Lipinski definition) is 0. The van der Waals surface area contributed by atoms with Crippen LogP contribution in [-0.2, 0) is 0 Å². The van der Waals surface area contributed by atoms with Gasteiger partial charge in [0.05, 0.1) is 17.2 Å². The van der Waals surface area contributed by atoms with Gasteiger partial charge < -0.3 is 4.74 Å². The van der Waals surface area contributed by atoms with Crippen molar-refractivity contribution in [2.24, 2.45) is 0 Å². The molecule has 0 saturated heterocycles. The number of halogens is 5. The second kappa shape index (κ2) is 5.81. The zero-order valence-corrected chi connectivity index (χ0v) is 10.5. The average molecular weight is 313 g/mol. The van der Waals surface area contributed by atoms with Gasteiger partial charge in [-0.25, -0.2) is 18.0 Å². The molecule has 0 aromatic heterocycles. The van der Waals surface area contributed by atoms with E-state index in [-0.39, 0.29) is 11.1 Å². The highest BCUT2D eigenvalue weighted by Gasteiger charge is 2.28. The molecule has 2 rings (SSSR count). The van der Waals surface area contributed by atoms with Crippen LogP contribution in [-0.4, -0.2) is 5.97 Å². The Balaban J connectivity index is 2.38. The minimum absolute atomic E-state index is 0.202. The van der Waals surface area contributed by atoms with E-state index >= 15 is 0 Å². The molecule has 22 heavy (non-hydrogen) atoms. The molecule has 0 amide bonds. The normalized spacial score (nSPS) is 10.2. The first kappa shape index (κ1) is 15.4. The van der Waals surface area contributed by atoms with Crippen LogP contribution < -0.4 is 4.74 Å². The Morgan fingerprint density at radius 3 is 1.77 bits per heavy atom. The summed E-state index contributed by atoms with van der Waals surface area (Å²) in [6, 6.07) is 6.41. The third-order valence-corrected chi connectivity index (χ3v) is 2.61. The molecule has 0 aliphatic carbocycles. The summed E-state index contributed by atoms with van der Waals surface area (Å²) in [6.07, 6.45) is 0. The maximum Gasteiger partial charge on any atom is 0.343 e. The SMILES string of the molecule is N#Cc1ccc(C(=O)Oc2c(F)c(F)c(F)c(F)c2F)cc1. The minimum atomic E-state index is -2.35.